The van der Waals surface area contributed by atoms with Crippen LogP contribution < -0.4 is 4.90 Å². The number of fused-ring (bicyclic) bond motifs is 1. The number of hydrogen-bond donors (Lipinski definition) is 1. The Labute approximate surface area is 224 Å². The lowest BCUT2D eigenvalue weighted by Gasteiger charge is -2.36. The van der Waals surface area contributed by atoms with E-state index >= 15 is 0 Å². The topological polar surface area (TPSA) is 87.6 Å². The molecule has 1 N–H and O–H groups in total. The first-order valence-corrected chi connectivity index (χ1v) is 13.3. The number of aryl methyl sites for hydroxylation is 1. The van der Waals surface area contributed by atoms with Crippen LogP contribution in [0.15, 0.2) is 40.9 Å². The smallest absolute Gasteiger partial charge is 0.357 e. The number of carbonyl (C=O) groups is 1. The Balaban J connectivity index is 1.15. The summed E-state index contributed by atoms with van der Waals surface area (Å²) in [7, 11) is 1.78. The molecular formula is C27H27Cl2N5O3. The molecule has 2 aromatic heterocycles. The molecule has 1 aliphatic carbocycles. The SMILES string of the molecule is Cn1nc(C(=O)O)c2ccc(N3CCN(CCc4c(-c5c(Cl)cccc5Cl)noc4C4CC4)CC3)cc21. The fourth-order valence-corrected chi connectivity index (χ4v) is 5.83. The highest BCUT2D eigenvalue weighted by Gasteiger charge is 2.33. The van der Waals surface area contributed by atoms with E-state index in [0.717, 1.165) is 85.8 Å². The van der Waals surface area contributed by atoms with Crippen molar-refractivity contribution in [1.82, 2.24) is 19.8 Å². The lowest BCUT2D eigenvalue weighted by atomic mass is 10.0. The van der Waals surface area contributed by atoms with Crippen LogP contribution in [-0.4, -0.2) is 63.6 Å². The maximum absolute atomic E-state index is 11.5. The van der Waals surface area contributed by atoms with Crippen molar-refractivity contribution in [2.75, 3.05) is 37.6 Å². The van der Waals surface area contributed by atoms with Crippen LogP contribution in [0.25, 0.3) is 22.2 Å². The van der Waals surface area contributed by atoms with Crippen molar-refractivity contribution in [1.29, 1.82) is 0 Å². The summed E-state index contributed by atoms with van der Waals surface area (Å²) in [5, 5.41) is 19.8. The summed E-state index contributed by atoms with van der Waals surface area (Å²) < 4.78 is 7.46. The molecule has 0 bridgehead atoms. The number of piperazine rings is 1. The Morgan fingerprint density at radius 2 is 1.84 bits per heavy atom. The number of carboxylic acid groups (broad SMARTS) is 1. The van der Waals surface area contributed by atoms with Crippen molar-refractivity contribution in [3.8, 4) is 11.3 Å². The lowest BCUT2D eigenvalue weighted by molar-refractivity contribution is 0.0691. The van der Waals surface area contributed by atoms with Gasteiger partial charge in [-0.3, -0.25) is 9.58 Å². The molecule has 1 saturated heterocycles. The first-order chi connectivity index (χ1) is 17.9. The summed E-state index contributed by atoms with van der Waals surface area (Å²) >= 11 is 13.0. The number of aromatic carboxylic acids is 1. The molecule has 4 aromatic rings. The molecule has 2 aliphatic rings. The van der Waals surface area contributed by atoms with E-state index in [4.69, 9.17) is 27.7 Å². The Hall–Kier alpha value is -3.07. The number of aromatic nitrogens is 3. The van der Waals surface area contributed by atoms with Gasteiger partial charge >= 0.3 is 5.97 Å². The average Bonchev–Trinajstić information content (AvgIpc) is 3.57. The normalized spacial score (nSPS) is 16.6. The summed E-state index contributed by atoms with van der Waals surface area (Å²) in [5.74, 6) is 0.414. The van der Waals surface area contributed by atoms with Crippen LogP contribution in [0.3, 0.4) is 0 Å². The summed E-state index contributed by atoms with van der Waals surface area (Å²) in [6.07, 6.45) is 3.09. The molecule has 3 heterocycles. The second-order valence-electron chi connectivity index (χ2n) is 9.80. The first kappa shape index (κ1) is 24.3. The Kier molecular flexibility index (Phi) is 6.34. The quantitative estimate of drug-likeness (QED) is 0.332. The number of nitrogens with zero attached hydrogens (tertiary/aromatic N) is 5. The average molecular weight is 540 g/mol. The summed E-state index contributed by atoms with van der Waals surface area (Å²) in [5.41, 5.74) is 4.63. The summed E-state index contributed by atoms with van der Waals surface area (Å²) in [6.45, 7) is 4.52. The van der Waals surface area contributed by atoms with Crippen molar-refractivity contribution in [2.24, 2.45) is 7.05 Å². The standard InChI is InChI=1S/C27H27Cl2N5O3/c1-32-22-15-17(7-8-18(22)25(30-32)27(35)36)34-13-11-33(12-14-34)10-9-19-24(31-37-26(19)16-5-6-16)23-20(28)3-2-4-21(23)29/h2-4,7-8,15-16H,5-6,9-14H2,1H3,(H,35,36). The van der Waals surface area contributed by atoms with Gasteiger partial charge in [-0.2, -0.15) is 5.10 Å². The minimum absolute atomic E-state index is 0.0885. The van der Waals surface area contributed by atoms with Gasteiger partial charge in [-0.15, -0.1) is 0 Å². The predicted octanol–water partition coefficient (Wildman–Crippen LogP) is 5.48. The maximum Gasteiger partial charge on any atom is 0.357 e. The van der Waals surface area contributed by atoms with Gasteiger partial charge < -0.3 is 14.5 Å². The third-order valence-corrected chi connectivity index (χ3v) is 8.05. The Morgan fingerprint density at radius 3 is 2.51 bits per heavy atom. The number of hydrogen-bond acceptors (Lipinski definition) is 6. The van der Waals surface area contributed by atoms with Gasteiger partial charge in [0.1, 0.15) is 11.5 Å². The molecule has 37 heavy (non-hydrogen) atoms. The second kappa shape index (κ2) is 9.67. The van der Waals surface area contributed by atoms with Gasteiger partial charge in [-0.1, -0.05) is 34.4 Å². The molecule has 2 fully saturated rings. The van der Waals surface area contributed by atoms with E-state index < -0.39 is 5.97 Å². The van der Waals surface area contributed by atoms with E-state index in [9.17, 15) is 9.90 Å². The van der Waals surface area contributed by atoms with E-state index in [0.29, 0.717) is 21.3 Å². The van der Waals surface area contributed by atoms with E-state index in [1.807, 2.05) is 36.4 Å². The highest BCUT2D eigenvalue weighted by Crippen LogP contribution is 2.46. The maximum atomic E-state index is 11.5. The number of benzene rings is 2. The highest BCUT2D eigenvalue weighted by molar-refractivity contribution is 6.39. The molecule has 0 unspecified atom stereocenters. The van der Waals surface area contributed by atoms with Crippen LogP contribution in [0.4, 0.5) is 5.69 Å². The van der Waals surface area contributed by atoms with E-state index in [2.05, 4.69) is 20.1 Å². The first-order valence-electron chi connectivity index (χ1n) is 12.5. The number of halogens is 2. The molecule has 0 atom stereocenters. The molecule has 1 saturated carbocycles. The molecule has 192 valence electrons. The van der Waals surface area contributed by atoms with E-state index in [-0.39, 0.29) is 5.69 Å². The second-order valence-corrected chi connectivity index (χ2v) is 10.6. The van der Waals surface area contributed by atoms with Gasteiger partial charge in [0.05, 0.1) is 15.6 Å². The molecule has 0 spiro atoms. The van der Waals surface area contributed by atoms with Gasteiger partial charge in [0.2, 0.25) is 0 Å². The largest absolute Gasteiger partial charge is 0.476 e. The number of rotatable bonds is 7. The minimum Gasteiger partial charge on any atom is -0.476 e. The van der Waals surface area contributed by atoms with E-state index in [1.54, 1.807) is 11.7 Å². The lowest BCUT2D eigenvalue weighted by Crippen LogP contribution is -2.47. The van der Waals surface area contributed by atoms with Crippen molar-refractivity contribution in [3.05, 3.63) is 63.5 Å². The van der Waals surface area contributed by atoms with Gasteiger partial charge in [0.25, 0.3) is 0 Å². The third kappa shape index (κ3) is 4.58. The number of anilines is 1. The van der Waals surface area contributed by atoms with Crippen LogP contribution in [0.2, 0.25) is 10.0 Å². The van der Waals surface area contributed by atoms with Crippen molar-refractivity contribution in [3.63, 3.8) is 0 Å². The minimum atomic E-state index is -1.01. The molecule has 0 amide bonds. The molecule has 0 radical (unpaired) electrons. The zero-order chi connectivity index (χ0) is 25.7. The fourth-order valence-electron chi connectivity index (χ4n) is 5.25. The van der Waals surface area contributed by atoms with Gasteiger partial charge in [0.15, 0.2) is 5.69 Å². The monoisotopic (exact) mass is 539 g/mol. The molecular weight excluding hydrogens is 513 g/mol. The van der Waals surface area contributed by atoms with Crippen LogP contribution in [0.5, 0.6) is 0 Å². The fraction of sp³-hybridized carbons (Fsp3) is 0.370. The van der Waals surface area contributed by atoms with Crippen LogP contribution in [0.1, 0.15) is 40.6 Å². The van der Waals surface area contributed by atoms with E-state index in [1.165, 1.54) is 0 Å². The van der Waals surface area contributed by atoms with Crippen molar-refractivity contribution < 1.29 is 14.4 Å². The Bertz CT molecular complexity index is 1460. The van der Waals surface area contributed by atoms with Crippen LogP contribution >= 0.6 is 23.2 Å². The third-order valence-electron chi connectivity index (χ3n) is 7.42. The van der Waals surface area contributed by atoms with Gasteiger partial charge in [0, 0.05) is 67.9 Å². The van der Waals surface area contributed by atoms with Gasteiger partial charge in [-0.05, 0) is 49.6 Å². The van der Waals surface area contributed by atoms with Gasteiger partial charge in [-0.25, -0.2) is 4.79 Å². The zero-order valence-electron chi connectivity index (χ0n) is 20.5. The summed E-state index contributed by atoms with van der Waals surface area (Å²) in [6, 6.07) is 11.4. The summed E-state index contributed by atoms with van der Waals surface area (Å²) in [4.78, 5) is 16.3. The molecule has 6 rings (SSSR count). The van der Waals surface area contributed by atoms with Crippen LogP contribution in [0, 0.1) is 0 Å². The molecule has 10 heteroatoms. The number of carboxylic acids is 1. The van der Waals surface area contributed by atoms with Crippen molar-refractivity contribution >= 4 is 45.8 Å². The van der Waals surface area contributed by atoms with Crippen LogP contribution in [-0.2, 0) is 13.5 Å². The Morgan fingerprint density at radius 1 is 1.11 bits per heavy atom. The zero-order valence-corrected chi connectivity index (χ0v) is 22.0. The molecule has 8 nitrogen and oxygen atoms in total. The molecule has 1 aliphatic heterocycles. The predicted molar refractivity (Wildman–Crippen MR) is 144 cm³/mol. The molecule has 2 aromatic carbocycles. The van der Waals surface area contributed by atoms with Crippen molar-refractivity contribution in [2.45, 2.75) is 25.2 Å². The highest BCUT2D eigenvalue weighted by atomic mass is 35.5.